The third-order valence-electron chi connectivity index (χ3n) is 4.17. The largest absolute Gasteiger partial charge is 0.391 e. The minimum Gasteiger partial charge on any atom is -0.391 e. The number of carbonyl (C=O) groups is 1. The average molecular weight is 386 g/mol. The summed E-state index contributed by atoms with van der Waals surface area (Å²) >= 11 is 1.28. The van der Waals surface area contributed by atoms with Crippen molar-refractivity contribution in [1.29, 1.82) is 0 Å². The first-order valence-corrected chi connectivity index (χ1v) is 9.35. The molecule has 1 saturated heterocycles. The number of anilines is 2. The Balaban J connectivity index is 1.94. The molecule has 0 radical (unpaired) electrons. The highest BCUT2D eigenvalue weighted by molar-refractivity contribution is 7.22. The van der Waals surface area contributed by atoms with E-state index in [1.54, 1.807) is 11.0 Å². The van der Waals surface area contributed by atoms with Crippen molar-refractivity contribution in [2.24, 2.45) is 4.99 Å². The van der Waals surface area contributed by atoms with E-state index < -0.39 is 6.10 Å². The predicted octanol–water partition coefficient (Wildman–Crippen LogP) is 2.05. The smallest absolute Gasteiger partial charge is 0.274 e. The first kappa shape index (κ1) is 19.0. The van der Waals surface area contributed by atoms with Crippen molar-refractivity contribution in [1.82, 2.24) is 14.9 Å². The number of allylic oxidation sites excluding steroid dienone is 3. The maximum Gasteiger partial charge on any atom is 0.274 e. The number of thiophene rings is 1. The van der Waals surface area contributed by atoms with Crippen LogP contribution < -0.4 is 11.1 Å². The summed E-state index contributed by atoms with van der Waals surface area (Å²) in [5.41, 5.74) is 7.52. The first-order chi connectivity index (χ1) is 12.9. The molecule has 142 valence electrons. The van der Waals surface area contributed by atoms with Gasteiger partial charge in [-0.1, -0.05) is 12.2 Å². The summed E-state index contributed by atoms with van der Waals surface area (Å²) in [4.78, 5) is 27.3. The van der Waals surface area contributed by atoms with E-state index in [0.717, 1.165) is 5.70 Å². The van der Waals surface area contributed by atoms with Gasteiger partial charge in [-0.05, 0) is 32.7 Å². The van der Waals surface area contributed by atoms with E-state index in [-0.39, 0.29) is 17.6 Å². The van der Waals surface area contributed by atoms with E-state index in [1.807, 2.05) is 32.1 Å². The number of aliphatic hydroxyl groups excluding tert-OH is 1. The highest BCUT2D eigenvalue weighted by Crippen LogP contribution is 2.31. The number of fused-ring (bicyclic) bond motifs is 1. The van der Waals surface area contributed by atoms with Crippen molar-refractivity contribution in [3.8, 4) is 0 Å². The number of hydrogen-bond acceptors (Lipinski definition) is 8. The summed E-state index contributed by atoms with van der Waals surface area (Å²) in [6, 6.07) is 1.52. The fraction of sp³-hybridized carbons (Fsp3) is 0.333. The molecule has 2 aromatic heterocycles. The Bertz CT molecular complexity index is 929. The van der Waals surface area contributed by atoms with E-state index >= 15 is 0 Å². The molecular formula is C18H22N6O2S. The van der Waals surface area contributed by atoms with Crippen LogP contribution in [0.2, 0.25) is 0 Å². The third kappa shape index (κ3) is 3.99. The number of amides is 1. The third-order valence-corrected chi connectivity index (χ3v) is 5.13. The summed E-state index contributed by atoms with van der Waals surface area (Å²) in [7, 11) is 0. The highest BCUT2D eigenvalue weighted by Gasteiger charge is 2.32. The number of β-amino-alcohol motifs (C(OH)–C–C–N with tert-alkyl or cyclic N) is 1. The van der Waals surface area contributed by atoms with Gasteiger partial charge in [-0.3, -0.25) is 9.79 Å². The standard InChI is InChI=1S/C18H22N6O2S/c1-4-5-6-12(20-3)10(2)21-18-22-13-7-14(19)27-16(13)15(23-18)17(26)24-8-11(25)9-24/h4-7,10-11,25H,3,8-9,19H2,1-2H3,(H,21,22,23)/b5-4-,12-6-/t10-/m0/s1. The monoisotopic (exact) mass is 386 g/mol. The number of rotatable bonds is 6. The Morgan fingerprint density at radius 2 is 2.30 bits per heavy atom. The van der Waals surface area contributed by atoms with Gasteiger partial charge in [0.1, 0.15) is 0 Å². The lowest BCUT2D eigenvalue weighted by molar-refractivity contribution is 0.00567. The normalized spacial score (nSPS) is 16.6. The van der Waals surface area contributed by atoms with Gasteiger partial charge >= 0.3 is 0 Å². The van der Waals surface area contributed by atoms with Gasteiger partial charge in [0, 0.05) is 13.1 Å². The van der Waals surface area contributed by atoms with Crippen molar-refractivity contribution >= 4 is 45.1 Å². The molecule has 27 heavy (non-hydrogen) atoms. The number of aliphatic hydroxyl groups is 1. The second-order valence-corrected chi connectivity index (χ2v) is 7.35. The molecule has 0 aromatic carbocycles. The first-order valence-electron chi connectivity index (χ1n) is 8.53. The second kappa shape index (κ2) is 7.85. The Kier molecular flexibility index (Phi) is 5.52. The molecule has 0 aliphatic carbocycles. The van der Waals surface area contributed by atoms with Crippen molar-refractivity contribution in [3.05, 3.63) is 35.7 Å². The quantitative estimate of drug-likeness (QED) is 0.517. The topological polar surface area (TPSA) is 117 Å². The van der Waals surface area contributed by atoms with Gasteiger partial charge in [-0.2, -0.15) is 0 Å². The summed E-state index contributed by atoms with van der Waals surface area (Å²) in [5, 5.41) is 13.2. The predicted molar refractivity (Wildman–Crippen MR) is 109 cm³/mol. The number of aliphatic imine (C=N–C) groups is 1. The number of nitrogens with two attached hydrogens (primary N) is 1. The van der Waals surface area contributed by atoms with E-state index in [0.29, 0.717) is 34.3 Å². The summed E-state index contributed by atoms with van der Waals surface area (Å²) in [6.45, 7) is 8.03. The van der Waals surface area contributed by atoms with Crippen LogP contribution >= 0.6 is 11.3 Å². The van der Waals surface area contributed by atoms with Crippen LogP contribution in [0.3, 0.4) is 0 Å². The van der Waals surface area contributed by atoms with Gasteiger partial charge in [-0.25, -0.2) is 9.97 Å². The lowest BCUT2D eigenvalue weighted by Crippen LogP contribution is -2.53. The molecule has 1 aliphatic rings. The molecule has 2 aromatic rings. The van der Waals surface area contributed by atoms with Crippen LogP contribution in [0.25, 0.3) is 10.2 Å². The molecule has 4 N–H and O–H groups in total. The van der Waals surface area contributed by atoms with Crippen molar-refractivity contribution in [2.75, 3.05) is 24.1 Å². The van der Waals surface area contributed by atoms with Gasteiger partial charge in [-0.15, -0.1) is 11.3 Å². The molecule has 8 nitrogen and oxygen atoms in total. The van der Waals surface area contributed by atoms with Crippen LogP contribution in [-0.2, 0) is 0 Å². The Morgan fingerprint density at radius 3 is 2.93 bits per heavy atom. The molecule has 0 spiro atoms. The van der Waals surface area contributed by atoms with Crippen molar-refractivity contribution < 1.29 is 9.90 Å². The Hall–Kier alpha value is -2.78. The van der Waals surface area contributed by atoms with Crippen molar-refractivity contribution in [3.63, 3.8) is 0 Å². The number of likely N-dealkylation sites (tertiary alicyclic amines) is 1. The van der Waals surface area contributed by atoms with Crippen LogP contribution in [0.5, 0.6) is 0 Å². The molecule has 0 bridgehead atoms. The van der Waals surface area contributed by atoms with E-state index in [2.05, 4.69) is 27.0 Å². The highest BCUT2D eigenvalue weighted by atomic mass is 32.1. The maximum absolute atomic E-state index is 12.8. The van der Waals surface area contributed by atoms with E-state index in [1.165, 1.54) is 11.3 Å². The Morgan fingerprint density at radius 1 is 1.56 bits per heavy atom. The lowest BCUT2D eigenvalue weighted by Gasteiger charge is -2.35. The number of hydrogen-bond donors (Lipinski definition) is 3. The summed E-state index contributed by atoms with van der Waals surface area (Å²) < 4.78 is 0.642. The fourth-order valence-electron chi connectivity index (χ4n) is 2.73. The molecule has 3 rings (SSSR count). The number of aromatic nitrogens is 2. The van der Waals surface area contributed by atoms with Crippen LogP contribution in [0.1, 0.15) is 24.3 Å². The van der Waals surface area contributed by atoms with Gasteiger partial charge in [0.15, 0.2) is 5.69 Å². The van der Waals surface area contributed by atoms with E-state index in [9.17, 15) is 9.90 Å². The van der Waals surface area contributed by atoms with Gasteiger partial charge in [0.2, 0.25) is 5.95 Å². The zero-order valence-electron chi connectivity index (χ0n) is 15.2. The van der Waals surface area contributed by atoms with Gasteiger partial charge < -0.3 is 21.1 Å². The van der Waals surface area contributed by atoms with Gasteiger partial charge in [0.25, 0.3) is 5.91 Å². The molecular weight excluding hydrogens is 364 g/mol. The number of nitrogens with one attached hydrogen (secondary N) is 1. The van der Waals surface area contributed by atoms with E-state index in [4.69, 9.17) is 5.73 Å². The molecule has 1 aliphatic heterocycles. The molecule has 1 atom stereocenters. The zero-order valence-corrected chi connectivity index (χ0v) is 16.0. The number of nitrogens with zero attached hydrogens (tertiary/aromatic N) is 4. The minimum atomic E-state index is -0.477. The molecule has 0 saturated carbocycles. The lowest BCUT2D eigenvalue weighted by atomic mass is 10.1. The number of nitrogen functional groups attached to an aromatic ring is 1. The summed E-state index contributed by atoms with van der Waals surface area (Å²) in [6.07, 6.45) is 5.14. The zero-order chi connectivity index (χ0) is 19.6. The van der Waals surface area contributed by atoms with Crippen LogP contribution in [0, 0.1) is 0 Å². The second-order valence-electron chi connectivity index (χ2n) is 6.26. The van der Waals surface area contributed by atoms with Crippen LogP contribution in [-0.4, -0.2) is 57.8 Å². The summed E-state index contributed by atoms with van der Waals surface area (Å²) in [5.74, 6) is 0.0732. The van der Waals surface area contributed by atoms with Crippen LogP contribution in [0.4, 0.5) is 10.9 Å². The molecule has 3 heterocycles. The average Bonchev–Trinajstić information content (AvgIpc) is 2.98. The van der Waals surface area contributed by atoms with Crippen LogP contribution in [0.15, 0.2) is 35.0 Å². The molecule has 9 heteroatoms. The molecule has 1 fully saturated rings. The molecule has 0 unspecified atom stereocenters. The van der Waals surface area contributed by atoms with Gasteiger partial charge in [0.05, 0.1) is 33.1 Å². The maximum atomic E-state index is 12.8. The molecule has 1 amide bonds. The minimum absolute atomic E-state index is 0.207. The Labute approximate surface area is 161 Å². The number of carbonyl (C=O) groups excluding carboxylic acids is 1. The fourth-order valence-corrected chi connectivity index (χ4v) is 3.57. The SMILES string of the molecule is C=N/C(=C\C=C/C)[C@H](C)Nc1nc(C(=O)N2CC(O)C2)c2sc(N)cc2n1. The van der Waals surface area contributed by atoms with Crippen molar-refractivity contribution in [2.45, 2.75) is 26.0 Å².